The number of benzene rings is 1. The minimum absolute atomic E-state index is 0.0250. The van der Waals surface area contributed by atoms with E-state index in [-0.39, 0.29) is 6.04 Å². The van der Waals surface area contributed by atoms with Gasteiger partial charge in [0.1, 0.15) is 11.3 Å². The van der Waals surface area contributed by atoms with Gasteiger partial charge < -0.3 is 9.73 Å². The molecule has 0 spiro atoms. The Morgan fingerprint density at radius 3 is 3.06 bits per heavy atom. The first-order chi connectivity index (χ1) is 8.83. The van der Waals surface area contributed by atoms with Gasteiger partial charge in [0.25, 0.3) is 0 Å². The SMILES string of the molecule is CC(NCc1cc2ccccc2o1)c1nn[nH]n1. The summed E-state index contributed by atoms with van der Waals surface area (Å²) in [5.74, 6) is 1.54. The van der Waals surface area contributed by atoms with E-state index in [1.807, 2.05) is 37.3 Å². The van der Waals surface area contributed by atoms with Crippen molar-refractivity contribution in [1.82, 2.24) is 25.9 Å². The molecule has 0 saturated heterocycles. The highest BCUT2D eigenvalue weighted by Crippen LogP contribution is 2.19. The lowest BCUT2D eigenvalue weighted by Gasteiger charge is -2.07. The summed E-state index contributed by atoms with van der Waals surface area (Å²) in [5, 5.41) is 18.2. The van der Waals surface area contributed by atoms with E-state index in [4.69, 9.17) is 4.42 Å². The van der Waals surface area contributed by atoms with Crippen molar-refractivity contribution in [3.8, 4) is 0 Å². The Balaban J connectivity index is 1.69. The summed E-state index contributed by atoms with van der Waals surface area (Å²) in [5.41, 5.74) is 0.904. The average Bonchev–Trinajstić information content (AvgIpc) is 3.04. The number of nitrogens with zero attached hydrogens (tertiary/aromatic N) is 3. The Kier molecular flexibility index (Phi) is 2.77. The van der Waals surface area contributed by atoms with Crippen LogP contribution in [0.3, 0.4) is 0 Å². The van der Waals surface area contributed by atoms with E-state index in [0.717, 1.165) is 16.7 Å². The van der Waals surface area contributed by atoms with Crippen LogP contribution < -0.4 is 5.32 Å². The number of nitrogens with one attached hydrogen (secondary N) is 2. The highest BCUT2D eigenvalue weighted by Gasteiger charge is 2.10. The molecule has 2 aromatic heterocycles. The molecule has 2 N–H and O–H groups in total. The van der Waals surface area contributed by atoms with Gasteiger partial charge in [-0.05, 0) is 19.1 Å². The van der Waals surface area contributed by atoms with Gasteiger partial charge in [-0.1, -0.05) is 23.4 Å². The molecule has 0 amide bonds. The molecular weight excluding hydrogens is 230 g/mol. The maximum absolute atomic E-state index is 5.71. The van der Waals surface area contributed by atoms with E-state index in [2.05, 4.69) is 25.9 Å². The summed E-state index contributed by atoms with van der Waals surface area (Å²) in [6, 6.07) is 10.0. The number of H-pyrrole nitrogens is 1. The number of aromatic amines is 1. The fraction of sp³-hybridized carbons (Fsp3) is 0.250. The predicted molar refractivity (Wildman–Crippen MR) is 65.6 cm³/mol. The lowest BCUT2D eigenvalue weighted by molar-refractivity contribution is 0.472. The zero-order chi connectivity index (χ0) is 12.4. The van der Waals surface area contributed by atoms with Crippen molar-refractivity contribution in [2.45, 2.75) is 19.5 Å². The average molecular weight is 243 g/mol. The summed E-state index contributed by atoms with van der Waals surface area (Å²) in [6.07, 6.45) is 0. The molecule has 0 fully saturated rings. The third-order valence-corrected chi connectivity index (χ3v) is 2.81. The molecule has 0 aliphatic rings. The van der Waals surface area contributed by atoms with Crippen LogP contribution in [0.5, 0.6) is 0 Å². The molecule has 0 radical (unpaired) electrons. The molecule has 1 atom stereocenters. The van der Waals surface area contributed by atoms with E-state index < -0.39 is 0 Å². The quantitative estimate of drug-likeness (QED) is 0.730. The van der Waals surface area contributed by atoms with Gasteiger partial charge >= 0.3 is 0 Å². The van der Waals surface area contributed by atoms with Crippen molar-refractivity contribution in [2.24, 2.45) is 0 Å². The summed E-state index contributed by atoms with van der Waals surface area (Å²) >= 11 is 0. The van der Waals surface area contributed by atoms with Crippen molar-refractivity contribution in [3.63, 3.8) is 0 Å². The van der Waals surface area contributed by atoms with Crippen LogP contribution in [0.2, 0.25) is 0 Å². The Morgan fingerprint density at radius 1 is 1.39 bits per heavy atom. The van der Waals surface area contributed by atoms with E-state index >= 15 is 0 Å². The molecule has 3 aromatic rings. The molecule has 2 heterocycles. The largest absolute Gasteiger partial charge is 0.460 e. The van der Waals surface area contributed by atoms with Gasteiger partial charge in [0, 0.05) is 5.39 Å². The lowest BCUT2D eigenvalue weighted by Crippen LogP contribution is -2.18. The molecule has 0 saturated carbocycles. The normalized spacial score (nSPS) is 12.9. The molecule has 6 heteroatoms. The predicted octanol–water partition coefficient (Wildman–Crippen LogP) is 1.80. The molecule has 0 bridgehead atoms. The van der Waals surface area contributed by atoms with Crippen LogP contribution in [0.25, 0.3) is 11.0 Å². The zero-order valence-electron chi connectivity index (χ0n) is 9.92. The number of hydrogen-bond acceptors (Lipinski definition) is 5. The van der Waals surface area contributed by atoms with Crippen molar-refractivity contribution in [1.29, 1.82) is 0 Å². The third kappa shape index (κ3) is 2.10. The molecule has 3 rings (SSSR count). The number of furan rings is 1. The third-order valence-electron chi connectivity index (χ3n) is 2.81. The van der Waals surface area contributed by atoms with Crippen LogP contribution >= 0.6 is 0 Å². The standard InChI is InChI=1S/C12H13N5O/c1-8(12-14-16-17-15-12)13-7-10-6-9-4-2-3-5-11(9)18-10/h2-6,8,13H,7H2,1H3,(H,14,15,16,17). The summed E-state index contributed by atoms with van der Waals surface area (Å²) in [6.45, 7) is 2.61. The van der Waals surface area contributed by atoms with Crippen molar-refractivity contribution < 1.29 is 4.42 Å². The van der Waals surface area contributed by atoms with Crippen LogP contribution in [0.15, 0.2) is 34.7 Å². The maximum atomic E-state index is 5.71. The van der Waals surface area contributed by atoms with Gasteiger partial charge in [0.2, 0.25) is 0 Å². The maximum Gasteiger partial charge on any atom is 0.191 e. The Morgan fingerprint density at radius 2 is 2.28 bits per heavy atom. The fourth-order valence-corrected chi connectivity index (χ4v) is 1.82. The van der Waals surface area contributed by atoms with Gasteiger partial charge in [0.15, 0.2) is 5.82 Å². The monoisotopic (exact) mass is 243 g/mol. The lowest BCUT2D eigenvalue weighted by atomic mass is 10.2. The molecule has 0 aliphatic heterocycles. The Labute approximate surface area is 103 Å². The smallest absolute Gasteiger partial charge is 0.191 e. The van der Waals surface area contributed by atoms with Crippen LogP contribution in [-0.4, -0.2) is 20.6 Å². The van der Waals surface area contributed by atoms with Gasteiger partial charge in [-0.25, -0.2) is 0 Å². The highest BCUT2D eigenvalue weighted by atomic mass is 16.3. The Hall–Kier alpha value is -2.21. The van der Waals surface area contributed by atoms with Crippen LogP contribution in [0.1, 0.15) is 24.6 Å². The first-order valence-electron chi connectivity index (χ1n) is 5.77. The van der Waals surface area contributed by atoms with E-state index in [1.165, 1.54) is 0 Å². The van der Waals surface area contributed by atoms with Crippen LogP contribution in [0, 0.1) is 0 Å². The number of aromatic nitrogens is 4. The number of para-hydroxylation sites is 1. The first-order valence-corrected chi connectivity index (χ1v) is 5.77. The zero-order valence-corrected chi connectivity index (χ0v) is 9.92. The second-order valence-corrected chi connectivity index (χ2v) is 4.12. The molecule has 92 valence electrons. The summed E-state index contributed by atoms with van der Waals surface area (Å²) < 4.78 is 5.71. The number of fused-ring (bicyclic) bond motifs is 1. The second kappa shape index (κ2) is 4.58. The summed E-state index contributed by atoms with van der Waals surface area (Å²) in [4.78, 5) is 0. The van der Waals surface area contributed by atoms with Crippen LogP contribution in [0.4, 0.5) is 0 Å². The minimum atomic E-state index is 0.0250. The second-order valence-electron chi connectivity index (χ2n) is 4.12. The first kappa shape index (κ1) is 10.9. The molecular formula is C12H13N5O. The van der Waals surface area contributed by atoms with Gasteiger partial charge in [-0.3, -0.25) is 0 Å². The van der Waals surface area contributed by atoms with Gasteiger partial charge in [-0.15, -0.1) is 10.2 Å². The highest BCUT2D eigenvalue weighted by molar-refractivity contribution is 5.77. The molecule has 6 nitrogen and oxygen atoms in total. The van der Waals surface area contributed by atoms with E-state index in [1.54, 1.807) is 0 Å². The van der Waals surface area contributed by atoms with Gasteiger partial charge in [-0.2, -0.15) is 5.21 Å². The van der Waals surface area contributed by atoms with E-state index in [9.17, 15) is 0 Å². The Bertz CT molecular complexity index is 598. The van der Waals surface area contributed by atoms with Gasteiger partial charge in [0.05, 0.1) is 12.6 Å². The number of hydrogen-bond donors (Lipinski definition) is 2. The fourth-order valence-electron chi connectivity index (χ4n) is 1.82. The van der Waals surface area contributed by atoms with Crippen molar-refractivity contribution in [2.75, 3.05) is 0 Å². The number of tetrazole rings is 1. The van der Waals surface area contributed by atoms with Crippen LogP contribution in [-0.2, 0) is 6.54 Å². The minimum Gasteiger partial charge on any atom is -0.460 e. The van der Waals surface area contributed by atoms with Crippen molar-refractivity contribution in [3.05, 3.63) is 41.9 Å². The molecule has 1 aromatic carbocycles. The summed E-state index contributed by atoms with van der Waals surface area (Å²) in [7, 11) is 0. The van der Waals surface area contributed by atoms with E-state index in [0.29, 0.717) is 12.4 Å². The molecule has 1 unspecified atom stereocenters. The number of rotatable bonds is 4. The topological polar surface area (TPSA) is 79.6 Å². The van der Waals surface area contributed by atoms with Crippen molar-refractivity contribution >= 4 is 11.0 Å². The molecule has 0 aliphatic carbocycles. The molecule has 18 heavy (non-hydrogen) atoms.